The van der Waals surface area contributed by atoms with Gasteiger partial charge in [0.15, 0.2) is 11.5 Å². The maximum absolute atomic E-state index is 13.8. The molecule has 2 heterocycles. The molecule has 2 atom stereocenters. The van der Waals surface area contributed by atoms with Crippen LogP contribution < -0.4 is 14.4 Å². The van der Waals surface area contributed by atoms with Crippen molar-refractivity contribution < 1.29 is 24.5 Å². The van der Waals surface area contributed by atoms with Gasteiger partial charge in [0.05, 0.1) is 37.9 Å². The summed E-state index contributed by atoms with van der Waals surface area (Å²) in [5.41, 5.74) is 3.38. The van der Waals surface area contributed by atoms with Crippen molar-refractivity contribution in [1.29, 1.82) is 0 Å². The lowest BCUT2D eigenvalue weighted by Crippen LogP contribution is -2.43. The molecule has 8 heteroatoms. The summed E-state index contributed by atoms with van der Waals surface area (Å²) in [7, 11) is 1.61. The highest BCUT2D eigenvalue weighted by atomic mass is 35.5. The van der Waals surface area contributed by atoms with E-state index in [-0.39, 0.29) is 31.0 Å². The third kappa shape index (κ3) is 6.16. The summed E-state index contributed by atoms with van der Waals surface area (Å²) in [5, 5.41) is 21.5. The van der Waals surface area contributed by atoms with E-state index < -0.39 is 11.6 Å². The van der Waals surface area contributed by atoms with Gasteiger partial charge in [-0.2, -0.15) is 0 Å². The summed E-state index contributed by atoms with van der Waals surface area (Å²) in [6.07, 6.45) is 1.90. The number of rotatable bonds is 9. The molecular formula is C34H41ClN2O5. The van der Waals surface area contributed by atoms with Crippen LogP contribution in [0.5, 0.6) is 11.5 Å². The fourth-order valence-corrected chi connectivity index (χ4v) is 6.51. The maximum atomic E-state index is 13.8. The molecule has 0 saturated carbocycles. The number of aliphatic hydroxyl groups excluding tert-OH is 1. The Morgan fingerprint density at radius 3 is 2.29 bits per heavy atom. The van der Waals surface area contributed by atoms with Crippen LogP contribution in [0.3, 0.4) is 0 Å². The molecule has 1 unspecified atom stereocenters. The van der Waals surface area contributed by atoms with E-state index in [9.17, 15) is 15.0 Å². The van der Waals surface area contributed by atoms with Gasteiger partial charge in [-0.1, -0.05) is 35.9 Å². The van der Waals surface area contributed by atoms with E-state index >= 15 is 0 Å². The zero-order valence-electron chi connectivity index (χ0n) is 24.8. The van der Waals surface area contributed by atoms with Crippen LogP contribution in [0, 0.1) is 5.92 Å². The van der Waals surface area contributed by atoms with Crippen molar-refractivity contribution >= 4 is 23.2 Å². The van der Waals surface area contributed by atoms with Gasteiger partial charge in [-0.15, -0.1) is 0 Å². The molecule has 2 N–H and O–H groups in total. The number of likely N-dealkylation sites (tertiary alicyclic amines) is 1. The van der Waals surface area contributed by atoms with E-state index in [1.165, 1.54) is 0 Å². The standard InChI is InChI=1S/C34H41ClN2O5/c1-22(2)42-31-21-29-24(19-30(31)41-4)20-32(39)37(33(29)23-5-9-27(35)10-6-23)28-11-7-25(8-12-28)34(3,40)26-13-15-36(16-14-26)17-18-38/h5-12,19,21-22,26,33,38,40H,13-18,20H2,1-4H3/t33?,34-/m1/s1. The summed E-state index contributed by atoms with van der Waals surface area (Å²) in [6, 6.07) is 18.9. The molecule has 0 spiro atoms. The van der Waals surface area contributed by atoms with Crippen molar-refractivity contribution in [2.75, 3.05) is 38.3 Å². The third-order valence-electron chi connectivity index (χ3n) is 8.67. The molecule has 0 radical (unpaired) electrons. The SMILES string of the molecule is COc1cc2c(cc1OC(C)C)C(c1ccc(Cl)cc1)N(c1ccc([C@@](C)(O)C3CCN(CCO)CC3)cc1)C(=O)C2. The molecule has 3 aromatic carbocycles. The topological polar surface area (TPSA) is 82.5 Å². The second kappa shape index (κ2) is 12.6. The molecule has 7 nitrogen and oxygen atoms in total. The lowest BCUT2D eigenvalue weighted by Gasteiger charge is -2.40. The van der Waals surface area contributed by atoms with Gasteiger partial charge >= 0.3 is 0 Å². The summed E-state index contributed by atoms with van der Waals surface area (Å²) >= 11 is 6.25. The largest absolute Gasteiger partial charge is 0.493 e. The average molecular weight is 593 g/mol. The van der Waals surface area contributed by atoms with Crippen LogP contribution in [0.25, 0.3) is 0 Å². The maximum Gasteiger partial charge on any atom is 0.232 e. The Kier molecular flexibility index (Phi) is 9.14. The van der Waals surface area contributed by atoms with Gasteiger partial charge in [-0.05, 0) is 111 Å². The molecule has 3 aromatic rings. The predicted molar refractivity (Wildman–Crippen MR) is 166 cm³/mol. The van der Waals surface area contributed by atoms with E-state index in [2.05, 4.69) is 4.90 Å². The van der Waals surface area contributed by atoms with Gasteiger partial charge in [0, 0.05) is 17.3 Å². The first kappa shape index (κ1) is 30.4. The fourth-order valence-electron chi connectivity index (χ4n) is 6.38. The summed E-state index contributed by atoms with van der Waals surface area (Å²) in [5.74, 6) is 1.32. The molecule has 0 bridgehead atoms. The normalized spacial score (nSPS) is 19.5. The molecule has 0 aliphatic carbocycles. The van der Waals surface area contributed by atoms with Crippen molar-refractivity contribution in [2.45, 2.75) is 57.8 Å². The number of hydrogen-bond acceptors (Lipinski definition) is 6. The number of hydrogen-bond donors (Lipinski definition) is 2. The number of amides is 1. The van der Waals surface area contributed by atoms with Crippen LogP contribution in [0.15, 0.2) is 60.7 Å². The number of ether oxygens (including phenoxy) is 2. The predicted octanol–water partition coefficient (Wildman–Crippen LogP) is 5.73. The number of methoxy groups -OCH3 is 1. The van der Waals surface area contributed by atoms with Crippen molar-refractivity contribution in [3.05, 3.63) is 87.9 Å². The summed E-state index contributed by atoms with van der Waals surface area (Å²) < 4.78 is 11.7. The molecule has 224 valence electrons. The van der Waals surface area contributed by atoms with Crippen LogP contribution >= 0.6 is 11.6 Å². The van der Waals surface area contributed by atoms with Crippen LogP contribution in [0.1, 0.15) is 61.9 Å². The molecule has 42 heavy (non-hydrogen) atoms. The third-order valence-corrected chi connectivity index (χ3v) is 8.92. The fraction of sp³-hybridized carbons (Fsp3) is 0.441. The highest BCUT2D eigenvalue weighted by molar-refractivity contribution is 6.30. The van der Waals surface area contributed by atoms with Crippen LogP contribution in [-0.2, 0) is 16.8 Å². The number of fused-ring (bicyclic) bond motifs is 1. The van der Waals surface area contributed by atoms with Crippen LogP contribution in [0.2, 0.25) is 5.02 Å². The summed E-state index contributed by atoms with van der Waals surface area (Å²) in [6.45, 7) is 8.37. The first-order valence-corrected chi connectivity index (χ1v) is 15.1. The Labute approximate surface area is 253 Å². The number of benzene rings is 3. The monoisotopic (exact) mass is 592 g/mol. The molecule has 2 aliphatic rings. The highest BCUT2D eigenvalue weighted by Gasteiger charge is 2.38. The molecule has 0 aromatic heterocycles. The Hall–Kier alpha value is -3.10. The number of carbonyl (C=O) groups is 1. The zero-order valence-corrected chi connectivity index (χ0v) is 25.6. The molecular weight excluding hydrogens is 552 g/mol. The number of β-amino-alcohol motifs (C(OH)–C–C–N with tert-alkyl or cyclic N) is 1. The zero-order chi connectivity index (χ0) is 30.0. The van der Waals surface area contributed by atoms with Crippen LogP contribution in [-0.4, -0.2) is 60.5 Å². The smallest absolute Gasteiger partial charge is 0.232 e. The van der Waals surface area contributed by atoms with E-state index in [0.29, 0.717) is 23.1 Å². The van der Waals surface area contributed by atoms with Gasteiger partial charge in [0.2, 0.25) is 5.91 Å². The van der Waals surface area contributed by atoms with Crippen molar-refractivity contribution in [1.82, 2.24) is 4.90 Å². The van der Waals surface area contributed by atoms with E-state index in [4.69, 9.17) is 21.1 Å². The quantitative estimate of drug-likeness (QED) is 0.330. The van der Waals surface area contributed by atoms with Gasteiger partial charge < -0.3 is 29.5 Å². The molecule has 1 amide bonds. The molecule has 5 rings (SSSR count). The molecule has 2 aliphatic heterocycles. The van der Waals surface area contributed by atoms with E-state index in [1.54, 1.807) is 7.11 Å². The number of nitrogens with zero attached hydrogens (tertiary/aromatic N) is 2. The van der Waals surface area contributed by atoms with Gasteiger partial charge in [0.25, 0.3) is 0 Å². The minimum absolute atomic E-state index is 0.0298. The Bertz CT molecular complexity index is 1380. The highest BCUT2D eigenvalue weighted by Crippen LogP contribution is 2.44. The second-order valence-corrected chi connectivity index (χ2v) is 12.2. The number of piperidine rings is 1. The van der Waals surface area contributed by atoms with E-state index in [0.717, 1.165) is 53.9 Å². The molecule has 1 saturated heterocycles. The first-order chi connectivity index (χ1) is 20.1. The lowest BCUT2D eigenvalue weighted by molar-refractivity contribution is -0.118. The van der Waals surface area contributed by atoms with Crippen molar-refractivity contribution in [2.24, 2.45) is 5.92 Å². The Morgan fingerprint density at radius 2 is 1.69 bits per heavy atom. The first-order valence-electron chi connectivity index (χ1n) is 14.7. The van der Waals surface area contributed by atoms with Crippen LogP contribution in [0.4, 0.5) is 5.69 Å². The molecule has 1 fully saturated rings. The number of aliphatic hydroxyl groups is 2. The van der Waals surface area contributed by atoms with Gasteiger partial charge in [-0.25, -0.2) is 0 Å². The number of halogens is 1. The van der Waals surface area contributed by atoms with Gasteiger partial charge in [-0.3, -0.25) is 4.79 Å². The lowest BCUT2D eigenvalue weighted by atomic mass is 9.77. The van der Waals surface area contributed by atoms with Crippen molar-refractivity contribution in [3.8, 4) is 11.5 Å². The number of carbonyl (C=O) groups excluding carboxylic acids is 1. The number of anilines is 1. The summed E-state index contributed by atoms with van der Waals surface area (Å²) in [4.78, 5) is 17.9. The van der Waals surface area contributed by atoms with Gasteiger partial charge in [0.1, 0.15) is 0 Å². The van der Waals surface area contributed by atoms with E-state index in [1.807, 2.05) is 86.3 Å². The second-order valence-electron chi connectivity index (χ2n) is 11.8. The minimum Gasteiger partial charge on any atom is -0.493 e. The van der Waals surface area contributed by atoms with Crippen molar-refractivity contribution in [3.63, 3.8) is 0 Å². The average Bonchev–Trinajstić information content (AvgIpc) is 2.97. The minimum atomic E-state index is -1.00. The Morgan fingerprint density at radius 1 is 1.02 bits per heavy atom. The Balaban J connectivity index is 1.51.